The zero-order valence-corrected chi connectivity index (χ0v) is 16.8. The summed E-state index contributed by atoms with van der Waals surface area (Å²) in [6.07, 6.45) is 3.71. The summed E-state index contributed by atoms with van der Waals surface area (Å²) in [5.41, 5.74) is 1.12. The molecule has 2 rings (SSSR count). The van der Waals surface area contributed by atoms with Crippen molar-refractivity contribution in [1.82, 2.24) is 15.6 Å². The first kappa shape index (κ1) is 19.6. The van der Waals surface area contributed by atoms with Crippen molar-refractivity contribution in [2.24, 2.45) is 10.9 Å². The Labute approximate surface area is 154 Å². The van der Waals surface area contributed by atoms with Gasteiger partial charge < -0.3 is 15.4 Å². The molecular formula is C15H27IN4OS. The molecule has 5 nitrogen and oxygen atoms in total. The highest BCUT2D eigenvalue weighted by Crippen LogP contribution is 2.28. The monoisotopic (exact) mass is 438 g/mol. The molecule has 0 radical (unpaired) electrons. The first-order valence-electron chi connectivity index (χ1n) is 7.64. The Morgan fingerprint density at radius 1 is 1.36 bits per heavy atom. The van der Waals surface area contributed by atoms with E-state index in [0.717, 1.165) is 55.3 Å². The molecule has 1 aromatic rings. The predicted octanol–water partition coefficient (Wildman–Crippen LogP) is 2.86. The molecule has 0 aliphatic heterocycles. The second-order valence-electron chi connectivity index (χ2n) is 5.47. The zero-order valence-electron chi connectivity index (χ0n) is 13.6. The molecule has 0 bridgehead atoms. The number of nitrogens with zero attached hydrogens (tertiary/aromatic N) is 2. The number of aromatic nitrogens is 1. The fourth-order valence-corrected chi connectivity index (χ4v) is 2.78. The Kier molecular flexibility index (Phi) is 9.27. The normalized spacial score (nSPS) is 14.6. The summed E-state index contributed by atoms with van der Waals surface area (Å²) in [5, 5.41) is 7.69. The maximum absolute atomic E-state index is 5.61. The molecule has 0 amide bonds. The van der Waals surface area contributed by atoms with Gasteiger partial charge in [-0.3, -0.25) is 4.99 Å². The van der Waals surface area contributed by atoms with Gasteiger partial charge in [0.25, 0.3) is 0 Å². The summed E-state index contributed by atoms with van der Waals surface area (Å²) in [4.78, 5) is 10.0. The topological polar surface area (TPSA) is 58.5 Å². The van der Waals surface area contributed by atoms with Gasteiger partial charge in [-0.25, -0.2) is 4.98 Å². The van der Waals surface area contributed by atoms with Crippen LogP contribution in [0.4, 0.5) is 0 Å². The van der Waals surface area contributed by atoms with Crippen molar-refractivity contribution in [3.05, 3.63) is 15.6 Å². The van der Waals surface area contributed by atoms with Gasteiger partial charge in [0.05, 0.1) is 12.2 Å². The van der Waals surface area contributed by atoms with Crippen LogP contribution in [0.5, 0.6) is 0 Å². The molecule has 0 aromatic carbocycles. The molecule has 0 spiro atoms. The first-order valence-corrected chi connectivity index (χ1v) is 8.46. The van der Waals surface area contributed by atoms with Crippen LogP contribution >= 0.6 is 35.3 Å². The highest BCUT2D eigenvalue weighted by atomic mass is 127. The van der Waals surface area contributed by atoms with Gasteiger partial charge >= 0.3 is 0 Å². The van der Waals surface area contributed by atoms with E-state index >= 15 is 0 Å². The van der Waals surface area contributed by atoms with Crippen molar-refractivity contribution < 1.29 is 4.74 Å². The van der Waals surface area contributed by atoms with E-state index in [-0.39, 0.29) is 24.0 Å². The Bertz CT molecular complexity index is 455. The molecule has 1 fully saturated rings. The smallest absolute Gasteiger partial charge is 0.191 e. The van der Waals surface area contributed by atoms with Crippen LogP contribution in [0.3, 0.4) is 0 Å². The van der Waals surface area contributed by atoms with Gasteiger partial charge in [0.2, 0.25) is 0 Å². The van der Waals surface area contributed by atoms with Crippen molar-refractivity contribution in [3.63, 3.8) is 0 Å². The van der Waals surface area contributed by atoms with E-state index in [2.05, 4.69) is 27.5 Å². The number of thiazole rings is 1. The summed E-state index contributed by atoms with van der Waals surface area (Å²) in [7, 11) is 1.79. The van der Waals surface area contributed by atoms with Crippen molar-refractivity contribution >= 4 is 41.3 Å². The largest absolute Gasteiger partial charge is 0.381 e. The summed E-state index contributed by atoms with van der Waals surface area (Å²) in [5.74, 6) is 1.67. The lowest BCUT2D eigenvalue weighted by Gasteiger charge is -2.10. The molecule has 22 heavy (non-hydrogen) atoms. The first-order chi connectivity index (χ1) is 10.2. The third-order valence-corrected chi connectivity index (χ3v) is 4.58. The third-order valence-electron chi connectivity index (χ3n) is 3.51. The van der Waals surface area contributed by atoms with Crippen LogP contribution < -0.4 is 10.6 Å². The average Bonchev–Trinajstić information content (AvgIpc) is 3.23. The van der Waals surface area contributed by atoms with Crippen LogP contribution in [0.15, 0.2) is 4.99 Å². The lowest BCUT2D eigenvalue weighted by molar-refractivity contribution is 0.123. The van der Waals surface area contributed by atoms with Crippen LogP contribution in [0.1, 0.15) is 34.8 Å². The van der Waals surface area contributed by atoms with E-state index in [0.29, 0.717) is 0 Å². The minimum atomic E-state index is 0. The van der Waals surface area contributed by atoms with Crippen molar-refractivity contribution in [1.29, 1.82) is 0 Å². The second-order valence-corrected chi connectivity index (χ2v) is 6.76. The summed E-state index contributed by atoms with van der Waals surface area (Å²) < 4.78 is 5.61. The number of guanidine groups is 1. The van der Waals surface area contributed by atoms with E-state index in [4.69, 9.17) is 4.74 Å². The minimum absolute atomic E-state index is 0. The van der Waals surface area contributed by atoms with E-state index in [1.165, 1.54) is 17.7 Å². The molecule has 7 heteroatoms. The highest BCUT2D eigenvalue weighted by molar-refractivity contribution is 14.0. The van der Waals surface area contributed by atoms with Crippen LogP contribution in [0, 0.1) is 19.8 Å². The average molecular weight is 438 g/mol. The Morgan fingerprint density at radius 3 is 2.73 bits per heavy atom. The summed E-state index contributed by atoms with van der Waals surface area (Å²) in [6, 6.07) is 0. The van der Waals surface area contributed by atoms with Gasteiger partial charge in [0.1, 0.15) is 5.01 Å². The SMILES string of the molecule is CN=C(NCCCOCC1CC1)NCc1nc(C)c(C)s1.I. The lowest BCUT2D eigenvalue weighted by atomic mass is 10.4. The van der Waals surface area contributed by atoms with Gasteiger partial charge in [-0.1, -0.05) is 0 Å². The van der Waals surface area contributed by atoms with Gasteiger partial charge in [-0.05, 0) is 39.0 Å². The standard InChI is InChI=1S/C15H26N4OS.HI/c1-11-12(2)21-14(19-11)9-18-15(16-3)17-7-4-8-20-10-13-5-6-13;/h13H,4-10H2,1-3H3,(H2,16,17,18);1H. The summed E-state index contributed by atoms with van der Waals surface area (Å²) >= 11 is 1.73. The van der Waals surface area contributed by atoms with Crippen LogP contribution in [-0.4, -0.2) is 37.7 Å². The fraction of sp³-hybridized carbons (Fsp3) is 0.733. The molecule has 0 atom stereocenters. The number of aliphatic imine (C=N–C) groups is 1. The maximum Gasteiger partial charge on any atom is 0.191 e. The molecule has 1 aromatic heterocycles. The third kappa shape index (κ3) is 7.23. The molecular weight excluding hydrogens is 411 g/mol. The molecule has 0 unspecified atom stereocenters. The van der Waals surface area contributed by atoms with Crippen molar-refractivity contribution in [2.45, 2.75) is 39.7 Å². The van der Waals surface area contributed by atoms with E-state index in [9.17, 15) is 0 Å². The predicted molar refractivity (Wildman–Crippen MR) is 103 cm³/mol. The number of hydrogen-bond donors (Lipinski definition) is 2. The van der Waals surface area contributed by atoms with Gasteiger partial charge in [0.15, 0.2) is 5.96 Å². The number of hydrogen-bond acceptors (Lipinski definition) is 4. The molecule has 0 saturated heterocycles. The zero-order chi connectivity index (χ0) is 15.1. The van der Waals surface area contributed by atoms with Gasteiger partial charge in [0, 0.05) is 31.7 Å². The number of ether oxygens (including phenoxy) is 1. The molecule has 1 aliphatic carbocycles. The Balaban J connectivity index is 0.00000242. The van der Waals surface area contributed by atoms with Crippen LogP contribution in [0.25, 0.3) is 0 Å². The Morgan fingerprint density at radius 2 is 2.14 bits per heavy atom. The molecule has 2 N–H and O–H groups in total. The van der Waals surface area contributed by atoms with E-state index in [1.54, 1.807) is 18.4 Å². The van der Waals surface area contributed by atoms with Crippen molar-refractivity contribution in [3.8, 4) is 0 Å². The number of rotatable bonds is 8. The van der Waals surface area contributed by atoms with E-state index < -0.39 is 0 Å². The second kappa shape index (κ2) is 10.4. The molecule has 1 saturated carbocycles. The van der Waals surface area contributed by atoms with E-state index in [1.807, 2.05) is 6.92 Å². The number of aryl methyl sites for hydroxylation is 2. The molecule has 1 heterocycles. The van der Waals surface area contributed by atoms with Gasteiger partial charge in [-0.2, -0.15) is 0 Å². The molecule has 126 valence electrons. The number of nitrogens with one attached hydrogen (secondary N) is 2. The number of halogens is 1. The van der Waals surface area contributed by atoms with Gasteiger partial charge in [-0.15, -0.1) is 35.3 Å². The quantitative estimate of drug-likeness (QED) is 0.284. The lowest BCUT2D eigenvalue weighted by Crippen LogP contribution is -2.37. The summed E-state index contributed by atoms with van der Waals surface area (Å²) in [6.45, 7) is 7.51. The highest BCUT2D eigenvalue weighted by Gasteiger charge is 2.20. The van der Waals surface area contributed by atoms with Crippen LogP contribution in [0.2, 0.25) is 0 Å². The van der Waals surface area contributed by atoms with Crippen LogP contribution in [-0.2, 0) is 11.3 Å². The maximum atomic E-state index is 5.61. The fourth-order valence-electron chi connectivity index (χ4n) is 1.91. The molecule has 1 aliphatic rings. The van der Waals surface area contributed by atoms with Crippen molar-refractivity contribution in [2.75, 3.05) is 26.8 Å². The minimum Gasteiger partial charge on any atom is -0.381 e. The Hall–Kier alpha value is -0.410.